The van der Waals surface area contributed by atoms with Crippen LogP contribution in [0.15, 0.2) is 0 Å². The minimum atomic E-state index is -3.43. The Hall–Kier alpha value is -0.660. The Balaban J connectivity index is 2.19. The van der Waals surface area contributed by atoms with E-state index in [1.54, 1.807) is 6.92 Å². The fraction of sp³-hybridized carbons (Fsp3) is 0.750. The molecule has 0 saturated carbocycles. The fourth-order valence-corrected chi connectivity index (χ4v) is 2.74. The lowest BCUT2D eigenvalue weighted by atomic mass is 10.3. The van der Waals surface area contributed by atoms with E-state index in [0.29, 0.717) is 5.82 Å². The summed E-state index contributed by atoms with van der Waals surface area (Å²) in [5.41, 5.74) is 0. The van der Waals surface area contributed by atoms with Gasteiger partial charge in [-0.1, -0.05) is 0 Å². The average molecular weight is 265 g/mol. The Morgan fingerprint density at radius 1 is 1.56 bits per heavy atom. The summed E-state index contributed by atoms with van der Waals surface area (Å²) >= 11 is 5.32. The van der Waals surface area contributed by atoms with Gasteiger partial charge in [0.1, 0.15) is 11.0 Å². The number of alkyl halides is 1. The number of fused-ring (bicyclic) bond motifs is 1. The van der Waals surface area contributed by atoms with Crippen molar-refractivity contribution in [3.05, 3.63) is 11.6 Å². The molecule has 0 radical (unpaired) electrons. The Labute approximate surface area is 99.1 Å². The molecule has 0 aromatic carbocycles. The van der Waals surface area contributed by atoms with E-state index in [1.807, 2.05) is 4.57 Å². The number of aromatic nitrogens is 3. The lowest BCUT2D eigenvalue weighted by Crippen LogP contribution is -2.29. The molecule has 90 valence electrons. The lowest BCUT2D eigenvalue weighted by Gasteiger charge is -2.12. The monoisotopic (exact) mass is 264 g/mol. The van der Waals surface area contributed by atoms with Crippen molar-refractivity contribution >= 4 is 21.6 Å². The molecular formula is C8H13ClN4O2S. The summed E-state index contributed by atoms with van der Waals surface area (Å²) in [5, 5.41) is 7.57. The van der Waals surface area contributed by atoms with Gasteiger partial charge >= 0.3 is 0 Å². The van der Waals surface area contributed by atoms with Gasteiger partial charge in [0.2, 0.25) is 10.0 Å². The number of nitrogens with one attached hydrogen (secondary N) is 1. The van der Waals surface area contributed by atoms with Crippen LogP contribution >= 0.6 is 11.6 Å². The highest BCUT2D eigenvalue weighted by Crippen LogP contribution is 2.19. The van der Waals surface area contributed by atoms with E-state index in [4.69, 9.17) is 11.6 Å². The molecule has 0 amide bonds. The molecule has 16 heavy (non-hydrogen) atoms. The van der Waals surface area contributed by atoms with Crippen LogP contribution in [0.4, 0.5) is 0 Å². The maximum Gasteiger partial charge on any atom is 0.226 e. The van der Waals surface area contributed by atoms with Crippen LogP contribution in [0.25, 0.3) is 0 Å². The molecule has 1 aromatic rings. The Bertz CT molecular complexity index is 484. The molecule has 1 aliphatic heterocycles. The predicted octanol–water partition coefficient (Wildman–Crippen LogP) is 0.401. The highest BCUT2D eigenvalue weighted by molar-refractivity contribution is 7.90. The van der Waals surface area contributed by atoms with Crippen LogP contribution in [0.5, 0.6) is 0 Å². The number of rotatable bonds is 4. The lowest BCUT2D eigenvalue weighted by molar-refractivity contribution is 0.550. The standard InChI is InChI=1S/C8H13ClN4O2S/c1-6(12-16(14,15)5-9)8-11-10-7-3-2-4-13(7)8/h6,12H,2-5H2,1H3. The second kappa shape index (κ2) is 4.31. The van der Waals surface area contributed by atoms with Crippen molar-refractivity contribution in [3.8, 4) is 0 Å². The molecule has 2 rings (SSSR count). The zero-order chi connectivity index (χ0) is 11.8. The van der Waals surface area contributed by atoms with Crippen LogP contribution in [0.2, 0.25) is 0 Å². The van der Waals surface area contributed by atoms with Gasteiger partial charge in [-0.15, -0.1) is 21.8 Å². The van der Waals surface area contributed by atoms with E-state index < -0.39 is 21.3 Å². The summed E-state index contributed by atoms with van der Waals surface area (Å²) in [6.07, 6.45) is 1.94. The molecule has 0 spiro atoms. The van der Waals surface area contributed by atoms with Crippen molar-refractivity contribution in [1.29, 1.82) is 0 Å². The molecule has 1 aliphatic rings. The first-order valence-corrected chi connectivity index (χ1v) is 7.20. The predicted molar refractivity (Wildman–Crippen MR) is 59.5 cm³/mol. The first-order chi connectivity index (χ1) is 7.53. The SMILES string of the molecule is CC(NS(=O)(=O)CCl)c1nnc2n1CCC2. The van der Waals surface area contributed by atoms with Gasteiger partial charge in [-0.2, -0.15) is 0 Å². The Morgan fingerprint density at radius 2 is 2.31 bits per heavy atom. The van der Waals surface area contributed by atoms with E-state index in [0.717, 1.165) is 25.2 Å². The topological polar surface area (TPSA) is 76.9 Å². The summed E-state index contributed by atoms with van der Waals surface area (Å²) in [6, 6.07) is -0.400. The van der Waals surface area contributed by atoms with E-state index in [-0.39, 0.29) is 0 Å². The maximum atomic E-state index is 11.3. The molecule has 0 fully saturated rings. The third kappa shape index (κ3) is 2.21. The molecule has 2 heterocycles. The second-order valence-corrected chi connectivity index (χ2v) is 6.13. The zero-order valence-corrected chi connectivity index (χ0v) is 10.4. The number of sulfonamides is 1. The maximum absolute atomic E-state index is 11.3. The molecule has 6 nitrogen and oxygen atoms in total. The molecule has 0 saturated heterocycles. The van der Waals surface area contributed by atoms with Crippen molar-refractivity contribution in [2.24, 2.45) is 0 Å². The van der Waals surface area contributed by atoms with Crippen LogP contribution in [0.3, 0.4) is 0 Å². The molecule has 0 aliphatic carbocycles. The van der Waals surface area contributed by atoms with Crippen LogP contribution in [-0.4, -0.2) is 28.4 Å². The summed E-state index contributed by atoms with van der Waals surface area (Å²) in [4.78, 5) is 0. The second-order valence-electron chi connectivity index (χ2n) is 3.79. The highest BCUT2D eigenvalue weighted by Gasteiger charge is 2.23. The van der Waals surface area contributed by atoms with Crippen molar-refractivity contribution in [2.75, 3.05) is 5.21 Å². The van der Waals surface area contributed by atoms with E-state index in [2.05, 4.69) is 14.9 Å². The Kier molecular flexibility index (Phi) is 3.18. The smallest absolute Gasteiger partial charge is 0.226 e. The minimum Gasteiger partial charge on any atom is -0.314 e. The van der Waals surface area contributed by atoms with Crippen LogP contribution < -0.4 is 4.72 Å². The third-order valence-corrected chi connectivity index (χ3v) is 4.39. The van der Waals surface area contributed by atoms with Crippen LogP contribution in [-0.2, 0) is 23.0 Å². The first kappa shape index (κ1) is 11.8. The first-order valence-electron chi connectivity index (χ1n) is 5.01. The van der Waals surface area contributed by atoms with Gasteiger partial charge in [0.05, 0.1) is 6.04 Å². The van der Waals surface area contributed by atoms with Gasteiger partial charge in [-0.25, -0.2) is 13.1 Å². The number of hydrogen-bond acceptors (Lipinski definition) is 4. The van der Waals surface area contributed by atoms with E-state index in [1.165, 1.54) is 0 Å². The number of nitrogens with zero attached hydrogens (tertiary/aromatic N) is 3. The number of aryl methyl sites for hydroxylation is 1. The summed E-state index contributed by atoms with van der Waals surface area (Å²) in [7, 11) is -3.43. The summed E-state index contributed by atoms with van der Waals surface area (Å²) < 4.78 is 27.0. The Morgan fingerprint density at radius 3 is 3.00 bits per heavy atom. The van der Waals surface area contributed by atoms with Crippen molar-refractivity contribution in [3.63, 3.8) is 0 Å². The molecule has 1 N–H and O–H groups in total. The van der Waals surface area contributed by atoms with Gasteiger partial charge < -0.3 is 4.57 Å². The summed E-state index contributed by atoms with van der Waals surface area (Å²) in [6.45, 7) is 2.59. The molecule has 1 aromatic heterocycles. The quantitative estimate of drug-likeness (QED) is 0.799. The van der Waals surface area contributed by atoms with Gasteiger partial charge in [-0.3, -0.25) is 0 Å². The fourth-order valence-electron chi connectivity index (χ4n) is 1.85. The van der Waals surface area contributed by atoms with Gasteiger partial charge in [0, 0.05) is 13.0 Å². The van der Waals surface area contributed by atoms with E-state index in [9.17, 15) is 8.42 Å². The van der Waals surface area contributed by atoms with Crippen LogP contribution in [0, 0.1) is 0 Å². The molecular weight excluding hydrogens is 252 g/mol. The molecule has 1 unspecified atom stereocenters. The van der Waals surface area contributed by atoms with Gasteiger partial charge in [0.25, 0.3) is 0 Å². The zero-order valence-electron chi connectivity index (χ0n) is 8.85. The summed E-state index contributed by atoms with van der Waals surface area (Å²) in [5.74, 6) is 1.58. The van der Waals surface area contributed by atoms with Crippen molar-refractivity contribution < 1.29 is 8.42 Å². The molecule has 1 atom stereocenters. The number of hydrogen-bond donors (Lipinski definition) is 1. The van der Waals surface area contributed by atoms with Gasteiger partial charge in [-0.05, 0) is 13.3 Å². The largest absolute Gasteiger partial charge is 0.314 e. The normalized spacial score (nSPS) is 17.4. The number of halogens is 1. The molecule has 8 heteroatoms. The average Bonchev–Trinajstić information content (AvgIpc) is 2.77. The van der Waals surface area contributed by atoms with Crippen LogP contribution in [0.1, 0.15) is 31.0 Å². The van der Waals surface area contributed by atoms with Crippen molar-refractivity contribution in [2.45, 2.75) is 32.4 Å². The highest BCUT2D eigenvalue weighted by atomic mass is 35.5. The van der Waals surface area contributed by atoms with E-state index >= 15 is 0 Å². The van der Waals surface area contributed by atoms with Crippen molar-refractivity contribution in [1.82, 2.24) is 19.5 Å². The minimum absolute atomic E-state index is 0.400. The van der Waals surface area contributed by atoms with Gasteiger partial charge in [0.15, 0.2) is 5.82 Å². The third-order valence-electron chi connectivity index (χ3n) is 2.53. The molecule has 0 bridgehead atoms.